The lowest BCUT2D eigenvalue weighted by Crippen LogP contribution is -2.32. The van der Waals surface area contributed by atoms with Crippen molar-refractivity contribution >= 4 is 29.3 Å². The van der Waals surface area contributed by atoms with Gasteiger partial charge in [0.15, 0.2) is 0 Å². The number of hydrogen-bond acceptors (Lipinski definition) is 5. The average Bonchev–Trinajstić information content (AvgIpc) is 3.11. The standard InChI is InChI=1S/C20H20ClN3O2S/c1-13-5-4-6-15(11-13)19-22-18(26-23-19)12-24(3)20(25)14(2)27-17-9-7-16(21)8-10-17/h4-11,14H,12H2,1-3H3/t14-/m0/s1. The van der Waals surface area contributed by atoms with Crippen molar-refractivity contribution < 1.29 is 9.32 Å². The minimum atomic E-state index is -0.240. The van der Waals surface area contributed by atoms with E-state index in [0.717, 1.165) is 16.0 Å². The lowest BCUT2D eigenvalue weighted by Gasteiger charge is -2.19. The van der Waals surface area contributed by atoms with Crippen LogP contribution in [0, 0.1) is 6.92 Å². The first kappa shape index (κ1) is 19.5. The maximum absolute atomic E-state index is 12.6. The molecule has 0 N–H and O–H groups in total. The molecule has 0 unspecified atom stereocenters. The molecule has 7 heteroatoms. The Morgan fingerprint density at radius 3 is 2.70 bits per heavy atom. The first-order valence-corrected chi connectivity index (χ1v) is 9.75. The molecule has 0 aliphatic heterocycles. The number of nitrogens with zero attached hydrogens (tertiary/aromatic N) is 3. The molecule has 0 radical (unpaired) electrons. The van der Waals surface area contributed by atoms with Crippen LogP contribution in [0.15, 0.2) is 57.9 Å². The van der Waals surface area contributed by atoms with Crippen molar-refractivity contribution in [2.24, 2.45) is 0 Å². The number of hydrogen-bond donors (Lipinski definition) is 0. The first-order valence-electron chi connectivity index (χ1n) is 8.49. The van der Waals surface area contributed by atoms with E-state index in [1.54, 1.807) is 11.9 Å². The number of carbonyl (C=O) groups is 1. The molecule has 0 spiro atoms. The topological polar surface area (TPSA) is 59.2 Å². The zero-order chi connectivity index (χ0) is 19.4. The molecule has 0 saturated carbocycles. The molecule has 27 heavy (non-hydrogen) atoms. The molecular weight excluding hydrogens is 382 g/mol. The molecule has 1 aromatic heterocycles. The van der Waals surface area contributed by atoms with Crippen LogP contribution in [-0.2, 0) is 11.3 Å². The van der Waals surface area contributed by atoms with Crippen LogP contribution < -0.4 is 0 Å². The van der Waals surface area contributed by atoms with Gasteiger partial charge in [-0.25, -0.2) is 0 Å². The van der Waals surface area contributed by atoms with E-state index in [1.807, 2.05) is 62.4 Å². The van der Waals surface area contributed by atoms with Gasteiger partial charge in [-0.15, -0.1) is 11.8 Å². The summed E-state index contributed by atoms with van der Waals surface area (Å²) in [4.78, 5) is 19.6. The molecule has 1 amide bonds. The van der Waals surface area contributed by atoms with E-state index < -0.39 is 0 Å². The Bertz CT molecular complexity index is 927. The molecule has 3 aromatic rings. The Kier molecular flexibility index (Phi) is 6.19. The van der Waals surface area contributed by atoms with Crippen molar-refractivity contribution in [1.82, 2.24) is 15.0 Å². The number of carbonyl (C=O) groups excluding carboxylic acids is 1. The summed E-state index contributed by atoms with van der Waals surface area (Å²) in [6.45, 7) is 4.16. The van der Waals surface area contributed by atoms with Gasteiger partial charge in [-0.1, -0.05) is 40.5 Å². The third kappa shape index (κ3) is 5.11. The van der Waals surface area contributed by atoms with Crippen molar-refractivity contribution in [3.8, 4) is 11.4 Å². The molecule has 0 aliphatic carbocycles. The van der Waals surface area contributed by atoms with Crippen LogP contribution in [0.25, 0.3) is 11.4 Å². The Morgan fingerprint density at radius 1 is 1.26 bits per heavy atom. The van der Waals surface area contributed by atoms with Crippen LogP contribution in [-0.4, -0.2) is 33.2 Å². The van der Waals surface area contributed by atoms with Gasteiger partial charge in [0.2, 0.25) is 17.6 Å². The lowest BCUT2D eigenvalue weighted by molar-refractivity contribution is -0.129. The molecule has 0 aliphatic rings. The van der Waals surface area contributed by atoms with Gasteiger partial charge in [0.25, 0.3) is 0 Å². The molecule has 140 valence electrons. The van der Waals surface area contributed by atoms with Crippen LogP contribution in [0.4, 0.5) is 0 Å². The predicted molar refractivity (Wildman–Crippen MR) is 108 cm³/mol. The fourth-order valence-corrected chi connectivity index (χ4v) is 3.69. The monoisotopic (exact) mass is 401 g/mol. The second-order valence-electron chi connectivity index (χ2n) is 6.29. The van der Waals surface area contributed by atoms with E-state index in [2.05, 4.69) is 10.1 Å². The smallest absolute Gasteiger partial charge is 0.246 e. The Hall–Kier alpha value is -2.31. The molecule has 0 saturated heterocycles. The van der Waals surface area contributed by atoms with Crippen LogP contribution in [0.2, 0.25) is 5.02 Å². The van der Waals surface area contributed by atoms with Gasteiger partial charge in [0, 0.05) is 22.5 Å². The summed E-state index contributed by atoms with van der Waals surface area (Å²) in [7, 11) is 1.73. The van der Waals surface area contributed by atoms with Crippen molar-refractivity contribution in [3.63, 3.8) is 0 Å². The molecule has 1 atom stereocenters. The first-order chi connectivity index (χ1) is 12.9. The highest BCUT2D eigenvalue weighted by molar-refractivity contribution is 8.00. The number of thioether (sulfide) groups is 1. The van der Waals surface area contributed by atoms with Crippen LogP contribution in [0.1, 0.15) is 18.4 Å². The van der Waals surface area contributed by atoms with E-state index in [0.29, 0.717) is 16.7 Å². The van der Waals surface area contributed by atoms with E-state index >= 15 is 0 Å². The fourth-order valence-electron chi connectivity index (χ4n) is 2.58. The van der Waals surface area contributed by atoms with Gasteiger partial charge in [0.1, 0.15) is 0 Å². The van der Waals surface area contributed by atoms with Gasteiger partial charge < -0.3 is 9.42 Å². The Balaban J connectivity index is 1.61. The normalized spacial score (nSPS) is 12.0. The molecule has 3 rings (SSSR count). The van der Waals surface area contributed by atoms with Gasteiger partial charge in [-0.3, -0.25) is 4.79 Å². The molecule has 1 heterocycles. The Labute approximate surface area is 167 Å². The van der Waals surface area contributed by atoms with E-state index in [1.165, 1.54) is 11.8 Å². The minimum Gasteiger partial charge on any atom is -0.337 e. The summed E-state index contributed by atoms with van der Waals surface area (Å²) in [6, 6.07) is 15.3. The van der Waals surface area contributed by atoms with Crippen LogP contribution in [0.3, 0.4) is 0 Å². The molecule has 2 aromatic carbocycles. The van der Waals surface area contributed by atoms with Crippen molar-refractivity contribution in [2.45, 2.75) is 30.5 Å². The molecule has 0 bridgehead atoms. The summed E-state index contributed by atoms with van der Waals surface area (Å²) in [5, 5.41) is 4.46. The zero-order valence-electron chi connectivity index (χ0n) is 15.3. The van der Waals surface area contributed by atoms with E-state index in [9.17, 15) is 4.79 Å². The highest BCUT2D eigenvalue weighted by atomic mass is 35.5. The van der Waals surface area contributed by atoms with Crippen molar-refractivity contribution in [2.75, 3.05) is 7.05 Å². The van der Waals surface area contributed by atoms with Crippen LogP contribution in [0.5, 0.6) is 0 Å². The summed E-state index contributed by atoms with van der Waals surface area (Å²) < 4.78 is 5.31. The lowest BCUT2D eigenvalue weighted by atomic mass is 10.1. The zero-order valence-corrected chi connectivity index (χ0v) is 16.9. The van der Waals surface area contributed by atoms with Gasteiger partial charge >= 0.3 is 0 Å². The predicted octanol–water partition coefficient (Wildman–Crippen LogP) is 4.84. The third-order valence-electron chi connectivity index (χ3n) is 3.97. The highest BCUT2D eigenvalue weighted by Gasteiger charge is 2.21. The maximum atomic E-state index is 12.6. The number of halogens is 1. The number of aromatic nitrogens is 2. The van der Waals surface area contributed by atoms with Gasteiger partial charge in [-0.2, -0.15) is 4.98 Å². The number of amides is 1. The van der Waals surface area contributed by atoms with E-state index in [4.69, 9.17) is 16.1 Å². The molecular formula is C20H20ClN3O2S. The minimum absolute atomic E-state index is 0.00902. The largest absolute Gasteiger partial charge is 0.337 e. The average molecular weight is 402 g/mol. The highest BCUT2D eigenvalue weighted by Crippen LogP contribution is 2.26. The summed E-state index contributed by atoms with van der Waals surface area (Å²) in [5.74, 6) is 0.925. The van der Waals surface area contributed by atoms with E-state index in [-0.39, 0.29) is 17.7 Å². The van der Waals surface area contributed by atoms with Crippen LogP contribution >= 0.6 is 23.4 Å². The van der Waals surface area contributed by atoms with Gasteiger partial charge in [0.05, 0.1) is 11.8 Å². The number of benzene rings is 2. The molecule has 0 fully saturated rings. The fraction of sp³-hybridized carbons (Fsp3) is 0.250. The quantitative estimate of drug-likeness (QED) is 0.553. The number of aryl methyl sites for hydroxylation is 1. The summed E-state index contributed by atoms with van der Waals surface area (Å²) in [5.41, 5.74) is 2.02. The van der Waals surface area contributed by atoms with Gasteiger partial charge in [-0.05, 0) is 44.2 Å². The second-order valence-corrected chi connectivity index (χ2v) is 8.14. The van der Waals surface area contributed by atoms with Crippen molar-refractivity contribution in [3.05, 3.63) is 65.0 Å². The molecule has 5 nitrogen and oxygen atoms in total. The third-order valence-corrected chi connectivity index (χ3v) is 5.32. The second kappa shape index (κ2) is 8.59. The SMILES string of the molecule is Cc1cccc(-c2noc(CN(C)C(=O)[C@H](C)Sc3ccc(Cl)cc3)n2)c1. The summed E-state index contributed by atoms with van der Waals surface area (Å²) >= 11 is 7.39. The number of rotatable bonds is 6. The Morgan fingerprint density at radius 2 is 2.00 bits per heavy atom. The summed E-state index contributed by atoms with van der Waals surface area (Å²) in [6.07, 6.45) is 0. The van der Waals surface area contributed by atoms with Crippen molar-refractivity contribution in [1.29, 1.82) is 0 Å². The maximum Gasteiger partial charge on any atom is 0.246 e.